The first-order valence-corrected chi connectivity index (χ1v) is 3.82. The molecule has 1 rings (SSSR count). The molecule has 0 bridgehead atoms. The third-order valence-corrected chi connectivity index (χ3v) is 1.80. The number of hydrogen-bond acceptors (Lipinski definition) is 2. The standard InChI is InChI=1S/C7H13FN2O/c1-5(11)10-7-2-3-9-4-6(7)8/h6-7,9H,2-4H2,1H3,(H,10,11)/t6-,7+/m0/s1. The monoisotopic (exact) mass is 160 g/mol. The molecule has 0 unspecified atom stereocenters. The maximum Gasteiger partial charge on any atom is 0.217 e. The lowest BCUT2D eigenvalue weighted by Crippen LogP contribution is -2.50. The van der Waals surface area contributed by atoms with Crippen molar-refractivity contribution in [1.82, 2.24) is 10.6 Å². The third-order valence-electron chi connectivity index (χ3n) is 1.80. The predicted molar refractivity (Wildman–Crippen MR) is 40.0 cm³/mol. The van der Waals surface area contributed by atoms with Gasteiger partial charge in [-0.15, -0.1) is 0 Å². The van der Waals surface area contributed by atoms with Crippen molar-refractivity contribution in [2.75, 3.05) is 13.1 Å². The van der Waals surface area contributed by atoms with Crippen molar-refractivity contribution in [3.05, 3.63) is 0 Å². The van der Waals surface area contributed by atoms with Crippen molar-refractivity contribution in [3.63, 3.8) is 0 Å². The molecule has 1 aliphatic heterocycles. The van der Waals surface area contributed by atoms with Crippen LogP contribution in [0.5, 0.6) is 0 Å². The summed E-state index contributed by atoms with van der Waals surface area (Å²) in [7, 11) is 0. The van der Waals surface area contributed by atoms with Crippen LogP contribution in [0.2, 0.25) is 0 Å². The molecule has 0 radical (unpaired) electrons. The molecule has 1 aliphatic rings. The summed E-state index contributed by atoms with van der Waals surface area (Å²) in [6.07, 6.45) is -0.256. The minimum absolute atomic E-state index is 0.153. The van der Waals surface area contributed by atoms with Gasteiger partial charge in [-0.1, -0.05) is 0 Å². The number of carbonyl (C=O) groups is 1. The zero-order valence-corrected chi connectivity index (χ0v) is 6.56. The highest BCUT2D eigenvalue weighted by molar-refractivity contribution is 5.73. The molecule has 0 aromatic rings. The first-order valence-electron chi connectivity index (χ1n) is 3.82. The molecule has 1 heterocycles. The van der Waals surface area contributed by atoms with E-state index in [0.717, 1.165) is 6.54 Å². The summed E-state index contributed by atoms with van der Waals surface area (Å²) >= 11 is 0. The molecule has 1 saturated heterocycles. The van der Waals surface area contributed by atoms with Gasteiger partial charge in [-0.05, 0) is 13.0 Å². The van der Waals surface area contributed by atoms with Crippen molar-refractivity contribution in [2.45, 2.75) is 25.6 Å². The van der Waals surface area contributed by atoms with Crippen LogP contribution in [0.1, 0.15) is 13.3 Å². The molecule has 1 fully saturated rings. The summed E-state index contributed by atoms with van der Waals surface area (Å²) in [5, 5.41) is 5.49. The predicted octanol–water partition coefficient (Wildman–Crippen LogP) is -0.177. The maximum atomic E-state index is 12.9. The quantitative estimate of drug-likeness (QED) is 0.559. The average molecular weight is 160 g/mol. The number of carbonyl (C=O) groups excluding carboxylic acids is 1. The highest BCUT2D eigenvalue weighted by Gasteiger charge is 2.24. The van der Waals surface area contributed by atoms with Crippen LogP contribution >= 0.6 is 0 Å². The zero-order chi connectivity index (χ0) is 8.27. The van der Waals surface area contributed by atoms with E-state index in [4.69, 9.17) is 0 Å². The molecule has 0 aromatic heterocycles. The van der Waals surface area contributed by atoms with Gasteiger partial charge in [0.05, 0.1) is 6.04 Å². The van der Waals surface area contributed by atoms with Gasteiger partial charge < -0.3 is 10.6 Å². The number of halogens is 1. The Balaban J connectivity index is 2.35. The summed E-state index contributed by atoms with van der Waals surface area (Å²) in [4.78, 5) is 10.6. The smallest absolute Gasteiger partial charge is 0.217 e. The Morgan fingerprint density at radius 1 is 1.73 bits per heavy atom. The molecule has 4 heteroatoms. The van der Waals surface area contributed by atoms with E-state index in [0.29, 0.717) is 13.0 Å². The lowest BCUT2D eigenvalue weighted by Gasteiger charge is -2.26. The largest absolute Gasteiger partial charge is 0.351 e. The lowest BCUT2D eigenvalue weighted by molar-refractivity contribution is -0.120. The van der Waals surface area contributed by atoms with Gasteiger partial charge in [-0.2, -0.15) is 0 Å². The molecule has 2 N–H and O–H groups in total. The van der Waals surface area contributed by atoms with Crippen LogP contribution in [0.3, 0.4) is 0 Å². The first-order chi connectivity index (χ1) is 5.20. The Labute approximate surface area is 65.3 Å². The third kappa shape index (κ3) is 2.46. The highest BCUT2D eigenvalue weighted by Crippen LogP contribution is 2.06. The summed E-state index contributed by atoms with van der Waals surface area (Å²) in [6, 6.07) is -0.284. The molecule has 1 amide bonds. The van der Waals surface area contributed by atoms with Gasteiger partial charge >= 0.3 is 0 Å². The molecular formula is C7H13FN2O. The van der Waals surface area contributed by atoms with E-state index >= 15 is 0 Å². The van der Waals surface area contributed by atoms with Gasteiger partial charge in [0.1, 0.15) is 6.17 Å². The number of alkyl halides is 1. The Bertz CT molecular complexity index is 151. The molecule has 11 heavy (non-hydrogen) atoms. The number of amides is 1. The van der Waals surface area contributed by atoms with Gasteiger partial charge in [-0.25, -0.2) is 4.39 Å². The Kier molecular flexibility index (Phi) is 2.82. The van der Waals surface area contributed by atoms with Gasteiger partial charge in [0.15, 0.2) is 0 Å². The minimum Gasteiger partial charge on any atom is -0.351 e. The Hall–Kier alpha value is -0.640. The molecule has 3 nitrogen and oxygen atoms in total. The van der Waals surface area contributed by atoms with Gasteiger partial charge in [0.25, 0.3) is 0 Å². The average Bonchev–Trinajstić information content (AvgIpc) is 1.93. The molecule has 0 saturated carbocycles. The van der Waals surface area contributed by atoms with Crippen LogP contribution in [-0.2, 0) is 4.79 Å². The molecular weight excluding hydrogens is 147 g/mol. The van der Waals surface area contributed by atoms with E-state index in [2.05, 4.69) is 10.6 Å². The van der Waals surface area contributed by atoms with Crippen molar-refractivity contribution in [1.29, 1.82) is 0 Å². The summed E-state index contributed by atoms with van der Waals surface area (Å²) in [5.74, 6) is -0.153. The topological polar surface area (TPSA) is 41.1 Å². The van der Waals surface area contributed by atoms with E-state index in [1.165, 1.54) is 6.92 Å². The van der Waals surface area contributed by atoms with Gasteiger partial charge in [-0.3, -0.25) is 4.79 Å². The first kappa shape index (κ1) is 8.46. The van der Waals surface area contributed by atoms with Crippen LogP contribution in [0, 0.1) is 0 Å². The van der Waals surface area contributed by atoms with Crippen LogP contribution in [0.4, 0.5) is 4.39 Å². The highest BCUT2D eigenvalue weighted by atomic mass is 19.1. The maximum absolute atomic E-state index is 12.9. The second-order valence-corrected chi connectivity index (χ2v) is 2.82. The number of rotatable bonds is 1. The molecule has 2 atom stereocenters. The van der Waals surface area contributed by atoms with Crippen molar-refractivity contribution < 1.29 is 9.18 Å². The second kappa shape index (κ2) is 3.67. The van der Waals surface area contributed by atoms with Gasteiger partial charge in [0.2, 0.25) is 5.91 Å². The van der Waals surface area contributed by atoms with E-state index < -0.39 is 6.17 Å². The fourth-order valence-corrected chi connectivity index (χ4v) is 1.24. The molecule has 0 aromatic carbocycles. The van der Waals surface area contributed by atoms with E-state index in [9.17, 15) is 9.18 Å². The number of nitrogens with one attached hydrogen (secondary N) is 2. The van der Waals surface area contributed by atoms with Crippen LogP contribution < -0.4 is 10.6 Å². The van der Waals surface area contributed by atoms with Crippen LogP contribution in [0.25, 0.3) is 0 Å². The summed E-state index contributed by atoms with van der Waals surface area (Å²) in [6.45, 7) is 2.55. The number of hydrogen-bond donors (Lipinski definition) is 2. The fourth-order valence-electron chi connectivity index (χ4n) is 1.24. The normalized spacial score (nSPS) is 31.5. The molecule has 64 valence electrons. The van der Waals surface area contributed by atoms with Crippen LogP contribution in [0.15, 0.2) is 0 Å². The summed E-state index contributed by atoms with van der Waals surface area (Å²) in [5.41, 5.74) is 0. The second-order valence-electron chi connectivity index (χ2n) is 2.82. The van der Waals surface area contributed by atoms with Crippen molar-refractivity contribution in [2.24, 2.45) is 0 Å². The van der Waals surface area contributed by atoms with E-state index in [-0.39, 0.29) is 11.9 Å². The SMILES string of the molecule is CC(=O)N[C@@H]1CCNC[C@@H]1F. The van der Waals surface area contributed by atoms with Gasteiger partial charge in [0, 0.05) is 13.5 Å². The van der Waals surface area contributed by atoms with E-state index in [1.54, 1.807) is 0 Å². The zero-order valence-electron chi connectivity index (χ0n) is 6.56. The Morgan fingerprint density at radius 3 is 3.00 bits per heavy atom. The molecule has 0 aliphatic carbocycles. The van der Waals surface area contributed by atoms with E-state index in [1.807, 2.05) is 0 Å². The minimum atomic E-state index is -0.937. The van der Waals surface area contributed by atoms with Crippen LogP contribution in [-0.4, -0.2) is 31.2 Å². The fraction of sp³-hybridized carbons (Fsp3) is 0.857. The molecule has 0 spiro atoms. The van der Waals surface area contributed by atoms with Crippen molar-refractivity contribution >= 4 is 5.91 Å². The summed E-state index contributed by atoms with van der Waals surface area (Å²) < 4.78 is 12.9. The van der Waals surface area contributed by atoms with Crippen molar-refractivity contribution in [3.8, 4) is 0 Å². The lowest BCUT2D eigenvalue weighted by atomic mass is 10.1. The Morgan fingerprint density at radius 2 is 2.45 bits per heavy atom. The number of piperidine rings is 1.